The molecule has 29 heavy (non-hydrogen) atoms. The Balaban J connectivity index is 0.000000235. The number of aliphatic hydroxyl groups excluding tert-OH is 3. The summed E-state index contributed by atoms with van der Waals surface area (Å²) in [5.74, 6) is -0.495. The van der Waals surface area contributed by atoms with E-state index in [4.69, 9.17) is 21.1 Å². The molecule has 0 atom stereocenters. The Kier molecular flexibility index (Phi) is 10.6. The average Bonchev–Trinajstić information content (AvgIpc) is 2.70. The second kappa shape index (κ2) is 12.1. The van der Waals surface area contributed by atoms with Gasteiger partial charge < -0.3 is 21.1 Å². The van der Waals surface area contributed by atoms with E-state index in [1.165, 1.54) is 12.1 Å². The Bertz CT molecular complexity index is 931. The van der Waals surface area contributed by atoms with Crippen LogP contribution in [0.15, 0.2) is 45.5 Å². The van der Waals surface area contributed by atoms with E-state index in [9.17, 15) is 8.78 Å². The summed E-state index contributed by atoms with van der Waals surface area (Å²) in [5, 5.41) is 25.0. The molecule has 9 heteroatoms. The fourth-order valence-corrected chi connectivity index (χ4v) is 3.00. The molecular formula is C20H22Br2F2N2O3. The normalized spacial score (nSPS) is 10.3. The van der Waals surface area contributed by atoms with Gasteiger partial charge in [0, 0.05) is 37.3 Å². The number of pyridine rings is 1. The van der Waals surface area contributed by atoms with Crippen molar-refractivity contribution in [1.82, 2.24) is 4.98 Å². The van der Waals surface area contributed by atoms with E-state index in [2.05, 4.69) is 36.8 Å². The first-order valence-electron chi connectivity index (χ1n) is 8.42. The predicted octanol–water partition coefficient (Wildman–Crippen LogP) is 4.26. The van der Waals surface area contributed by atoms with Crippen LogP contribution in [0.25, 0.3) is 10.9 Å². The van der Waals surface area contributed by atoms with Gasteiger partial charge in [0.15, 0.2) is 0 Å². The van der Waals surface area contributed by atoms with Gasteiger partial charge in [0.2, 0.25) is 0 Å². The number of nitrogens with zero attached hydrogens (tertiary/aromatic N) is 1. The number of rotatable bonds is 2. The lowest BCUT2D eigenvalue weighted by atomic mass is 10.1. The minimum absolute atomic E-state index is 0.224. The van der Waals surface area contributed by atoms with Crippen LogP contribution in [-0.4, -0.2) is 39.6 Å². The second-order valence-corrected chi connectivity index (χ2v) is 7.76. The van der Waals surface area contributed by atoms with Crippen molar-refractivity contribution in [3.8, 4) is 0 Å². The zero-order chi connectivity index (χ0) is 22.1. The Morgan fingerprint density at radius 1 is 1.03 bits per heavy atom. The van der Waals surface area contributed by atoms with Gasteiger partial charge in [-0.1, -0.05) is 22.0 Å². The molecule has 5 N–H and O–H groups in total. The van der Waals surface area contributed by atoms with Crippen LogP contribution in [0, 0.1) is 25.5 Å². The van der Waals surface area contributed by atoms with Gasteiger partial charge >= 0.3 is 0 Å². The SMILES string of the molecule is Cc1c(F)cc(Br)c2cccnc12.Cc1c(N)cc(Br)cc1F.OCC(O)CO. The van der Waals surface area contributed by atoms with Crippen molar-refractivity contribution in [2.45, 2.75) is 20.0 Å². The van der Waals surface area contributed by atoms with Crippen molar-refractivity contribution in [2.24, 2.45) is 0 Å². The minimum atomic E-state index is -0.954. The molecule has 3 aromatic rings. The third-order valence-electron chi connectivity index (χ3n) is 3.80. The molecule has 0 saturated carbocycles. The Morgan fingerprint density at radius 3 is 2.14 bits per heavy atom. The van der Waals surface area contributed by atoms with Crippen LogP contribution in [-0.2, 0) is 0 Å². The molecule has 2 aromatic carbocycles. The highest BCUT2D eigenvalue weighted by Crippen LogP contribution is 2.26. The minimum Gasteiger partial charge on any atom is -0.398 e. The molecule has 5 nitrogen and oxygen atoms in total. The summed E-state index contributed by atoms with van der Waals surface area (Å²) < 4.78 is 27.4. The monoisotopic (exact) mass is 534 g/mol. The number of hydrogen-bond acceptors (Lipinski definition) is 5. The van der Waals surface area contributed by atoms with Gasteiger partial charge in [-0.15, -0.1) is 0 Å². The van der Waals surface area contributed by atoms with Gasteiger partial charge in [0.1, 0.15) is 17.7 Å². The standard InChI is InChI=1S/C10H7BrFN.C7H7BrFN.C3H8O3/c1-6-9(12)5-8(11)7-3-2-4-13-10(6)7;1-4-6(9)2-5(8)3-7(4)10;4-1-3(6)2-5/h2-5H,1H3;2-3H,10H2,1H3;3-6H,1-2H2. The first kappa shape index (κ1) is 25.4. The van der Waals surface area contributed by atoms with Gasteiger partial charge in [0.25, 0.3) is 0 Å². The molecule has 0 fully saturated rings. The fraction of sp³-hybridized carbons (Fsp3) is 0.250. The van der Waals surface area contributed by atoms with E-state index in [-0.39, 0.29) is 24.8 Å². The van der Waals surface area contributed by atoms with E-state index >= 15 is 0 Å². The van der Waals surface area contributed by atoms with E-state index in [1.54, 1.807) is 26.1 Å². The first-order valence-corrected chi connectivity index (χ1v) is 10.0. The number of halogens is 4. The molecule has 0 aliphatic rings. The lowest BCUT2D eigenvalue weighted by Crippen LogP contribution is -2.15. The van der Waals surface area contributed by atoms with Gasteiger partial charge in [-0.25, -0.2) is 8.78 Å². The van der Waals surface area contributed by atoms with Crippen molar-refractivity contribution in [1.29, 1.82) is 0 Å². The van der Waals surface area contributed by atoms with Gasteiger partial charge in [-0.2, -0.15) is 0 Å². The molecule has 0 aliphatic carbocycles. The van der Waals surface area contributed by atoms with Crippen LogP contribution >= 0.6 is 31.9 Å². The van der Waals surface area contributed by atoms with E-state index in [0.29, 0.717) is 21.3 Å². The average molecular weight is 536 g/mol. The number of fused-ring (bicyclic) bond motifs is 1. The fourth-order valence-electron chi connectivity index (χ4n) is 2.03. The van der Waals surface area contributed by atoms with Crippen LogP contribution < -0.4 is 5.73 Å². The molecule has 1 heterocycles. The van der Waals surface area contributed by atoms with Crippen LogP contribution in [0.1, 0.15) is 11.1 Å². The topological polar surface area (TPSA) is 99.6 Å². The zero-order valence-corrected chi connectivity index (χ0v) is 19.0. The molecule has 0 saturated heterocycles. The van der Waals surface area contributed by atoms with E-state index in [0.717, 1.165) is 15.4 Å². The van der Waals surface area contributed by atoms with E-state index in [1.807, 2.05) is 12.1 Å². The Morgan fingerprint density at radius 2 is 1.62 bits per heavy atom. The number of aromatic nitrogens is 1. The molecule has 0 amide bonds. The highest BCUT2D eigenvalue weighted by atomic mass is 79.9. The van der Waals surface area contributed by atoms with Gasteiger partial charge in [-0.05, 0) is 54.0 Å². The van der Waals surface area contributed by atoms with Crippen molar-refractivity contribution < 1.29 is 24.1 Å². The lowest BCUT2D eigenvalue weighted by molar-refractivity contribution is 0.0450. The number of nitrogen functional groups attached to an aromatic ring is 1. The summed E-state index contributed by atoms with van der Waals surface area (Å²) in [6.07, 6.45) is 0.714. The Hall–Kier alpha value is -1.65. The van der Waals surface area contributed by atoms with Crippen LogP contribution in [0.2, 0.25) is 0 Å². The highest BCUT2D eigenvalue weighted by molar-refractivity contribution is 9.11. The third kappa shape index (κ3) is 7.60. The van der Waals surface area contributed by atoms with Crippen molar-refractivity contribution >= 4 is 48.5 Å². The summed E-state index contributed by atoms with van der Waals surface area (Å²) in [5.41, 5.74) is 7.75. The van der Waals surface area contributed by atoms with Crippen molar-refractivity contribution in [3.05, 3.63) is 68.2 Å². The molecule has 0 unspecified atom stereocenters. The van der Waals surface area contributed by atoms with E-state index < -0.39 is 6.10 Å². The molecule has 0 bridgehead atoms. The van der Waals surface area contributed by atoms with Crippen molar-refractivity contribution in [2.75, 3.05) is 18.9 Å². The Labute approximate surface area is 184 Å². The molecule has 0 radical (unpaired) electrons. The molecule has 3 rings (SSSR count). The van der Waals surface area contributed by atoms with Crippen LogP contribution in [0.3, 0.4) is 0 Å². The summed E-state index contributed by atoms with van der Waals surface area (Å²) in [6, 6.07) is 8.30. The first-order chi connectivity index (χ1) is 13.6. The molecular weight excluding hydrogens is 514 g/mol. The molecule has 1 aromatic heterocycles. The molecule has 0 spiro atoms. The quantitative estimate of drug-likeness (QED) is 0.367. The lowest BCUT2D eigenvalue weighted by Gasteiger charge is -2.03. The smallest absolute Gasteiger partial charge is 0.129 e. The highest BCUT2D eigenvalue weighted by Gasteiger charge is 2.07. The summed E-state index contributed by atoms with van der Waals surface area (Å²) in [7, 11) is 0. The molecule has 0 aliphatic heterocycles. The van der Waals surface area contributed by atoms with Crippen LogP contribution in [0.4, 0.5) is 14.5 Å². The number of hydrogen-bond donors (Lipinski definition) is 4. The largest absolute Gasteiger partial charge is 0.398 e. The maximum absolute atomic E-state index is 13.2. The van der Waals surface area contributed by atoms with Crippen LogP contribution in [0.5, 0.6) is 0 Å². The summed E-state index contributed by atoms with van der Waals surface area (Å²) in [6.45, 7) is 2.65. The maximum atomic E-state index is 13.2. The number of nitrogens with two attached hydrogens (primary N) is 1. The molecule has 158 valence electrons. The summed E-state index contributed by atoms with van der Waals surface area (Å²) in [4.78, 5) is 4.13. The maximum Gasteiger partial charge on any atom is 0.129 e. The van der Waals surface area contributed by atoms with Crippen molar-refractivity contribution in [3.63, 3.8) is 0 Å². The second-order valence-electron chi connectivity index (χ2n) is 5.99. The predicted molar refractivity (Wildman–Crippen MR) is 118 cm³/mol. The number of aliphatic hydroxyl groups is 3. The third-order valence-corrected chi connectivity index (χ3v) is 4.92. The number of anilines is 1. The number of aryl methyl sites for hydroxylation is 1. The van der Waals surface area contributed by atoms with Gasteiger partial charge in [0.05, 0.1) is 18.7 Å². The summed E-state index contributed by atoms with van der Waals surface area (Å²) >= 11 is 6.43. The zero-order valence-electron chi connectivity index (χ0n) is 15.8. The van der Waals surface area contributed by atoms with Gasteiger partial charge in [-0.3, -0.25) is 4.98 Å². The number of benzene rings is 2.